The lowest BCUT2D eigenvalue weighted by Crippen LogP contribution is -2.55. The maximum absolute atomic E-state index is 10.6. The number of aliphatic hydroxyl groups is 1. The van der Waals surface area contributed by atoms with Gasteiger partial charge in [0.1, 0.15) is 0 Å². The number of benzene rings is 1. The molecule has 17 heavy (non-hydrogen) atoms. The van der Waals surface area contributed by atoms with E-state index in [0.717, 1.165) is 24.9 Å². The molecule has 1 aromatic rings. The van der Waals surface area contributed by atoms with E-state index >= 15 is 0 Å². The zero-order valence-corrected chi connectivity index (χ0v) is 10.9. The number of morpholine rings is 1. The summed E-state index contributed by atoms with van der Waals surface area (Å²) in [6.45, 7) is 3.47. The molecule has 3 nitrogen and oxygen atoms in total. The van der Waals surface area contributed by atoms with Crippen molar-refractivity contribution in [2.24, 2.45) is 0 Å². The highest BCUT2D eigenvalue weighted by Gasteiger charge is 2.41. The number of hydrogen-bond acceptors (Lipinski definition) is 3. The Labute approximate surface area is 109 Å². The summed E-state index contributed by atoms with van der Waals surface area (Å²) in [5.41, 5.74) is 0.834. The smallest absolute Gasteiger partial charge is 0.208 e. The van der Waals surface area contributed by atoms with Gasteiger partial charge in [0, 0.05) is 12.1 Å². The number of rotatable bonds is 3. The molecule has 96 valence electrons. The van der Waals surface area contributed by atoms with Crippen LogP contribution in [0.4, 0.5) is 0 Å². The van der Waals surface area contributed by atoms with Gasteiger partial charge in [0.15, 0.2) is 0 Å². The van der Waals surface area contributed by atoms with Crippen LogP contribution >= 0.6 is 12.4 Å². The van der Waals surface area contributed by atoms with Gasteiger partial charge < -0.3 is 15.2 Å². The maximum atomic E-state index is 10.6. The lowest BCUT2D eigenvalue weighted by Gasteiger charge is -2.40. The molecule has 2 atom stereocenters. The number of halogens is 1. The Balaban J connectivity index is 0.00000144. The van der Waals surface area contributed by atoms with Crippen LogP contribution in [0.1, 0.15) is 25.3 Å². The molecule has 0 aromatic heterocycles. The summed E-state index contributed by atoms with van der Waals surface area (Å²) >= 11 is 0. The van der Waals surface area contributed by atoms with E-state index in [4.69, 9.17) is 4.74 Å². The van der Waals surface area contributed by atoms with E-state index < -0.39 is 5.79 Å². The number of nitrogens with one attached hydrogen (secondary N) is 1. The zero-order chi connectivity index (χ0) is 11.4. The molecule has 2 rings (SSSR count). The summed E-state index contributed by atoms with van der Waals surface area (Å²) in [7, 11) is 0. The molecule has 0 aliphatic carbocycles. The van der Waals surface area contributed by atoms with Gasteiger partial charge >= 0.3 is 0 Å². The highest BCUT2D eigenvalue weighted by molar-refractivity contribution is 5.85. The highest BCUT2D eigenvalue weighted by atomic mass is 35.5. The van der Waals surface area contributed by atoms with Crippen LogP contribution in [-0.4, -0.2) is 24.3 Å². The third-order valence-electron chi connectivity index (χ3n) is 3.05. The lowest BCUT2D eigenvalue weighted by molar-refractivity contribution is -0.249. The molecule has 4 heteroatoms. The third kappa shape index (κ3) is 2.99. The average Bonchev–Trinajstić information content (AvgIpc) is 2.34. The minimum atomic E-state index is -1.17. The van der Waals surface area contributed by atoms with E-state index in [9.17, 15) is 5.11 Å². The van der Waals surface area contributed by atoms with Gasteiger partial charge in [-0.05, 0) is 6.42 Å². The summed E-state index contributed by atoms with van der Waals surface area (Å²) in [4.78, 5) is 0. The maximum Gasteiger partial charge on any atom is 0.208 e. The lowest BCUT2D eigenvalue weighted by atomic mass is 9.93. The van der Waals surface area contributed by atoms with Crippen LogP contribution in [-0.2, 0) is 10.5 Å². The second-order valence-electron chi connectivity index (χ2n) is 4.21. The van der Waals surface area contributed by atoms with E-state index in [0.29, 0.717) is 6.61 Å². The van der Waals surface area contributed by atoms with Crippen molar-refractivity contribution in [3.63, 3.8) is 0 Å². The molecular weight excluding hydrogens is 238 g/mol. The van der Waals surface area contributed by atoms with Crippen molar-refractivity contribution in [1.82, 2.24) is 5.32 Å². The topological polar surface area (TPSA) is 41.5 Å². The van der Waals surface area contributed by atoms with Gasteiger partial charge in [-0.1, -0.05) is 43.7 Å². The van der Waals surface area contributed by atoms with Gasteiger partial charge in [-0.25, -0.2) is 0 Å². The Bertz CT molecular complexity index is 331. The fourth-order valence-corrected chi connectivity index (χ4v) is 2.23. The van der Waals surface area contributed by atoms with Gasteiger partial charge in [-0.15, -0.1) is 12.4 Å². The van der Waals surface area contributed by atoms with Crippen molar-refractivity contribution in [2.75, 3.05) is 13.2 Å². The van der Waals surface area contributed by atoms with Gasteiger partial charge in [0.25, 0.3) is 0 Å². The standard InChI is InChI=1S/C13H19NO2.ClH/c1-2-6-12-13(15,16-10-9-14-12)11-7-4-3-5-8-11;/h3-5,7-8,12,14-15H,2,6,9-10H2,1H3;1H. The molecule has 1 fully saturated rings. The van der Waals surface area contributed by atoms with E-state index in [-0.39, 0.29) is 18.4 Å². The van der Waals surface area contributed by atoms with Crippen molar-refractivity contribution >= 4 is 12.4 Å². The Morgan fingerprint density at radius 1 is 1.41 bits per heavy atom. The molecule has 0 radical (unpaired) electrons. The first-order chi connectivity index (χ1) is 7.77. The molecule has 1 aliphatic rings. The molecule has 1 saturated heterocycles. The first kappa shape index (κ1) is 14.5. The van der Waals surface area contributed by atoms with Crippen molar-refractivity contribution < 1.29 is 9.84 Å². The van der Waals surface area contributed by atoms with E-state index in [2.05, 4.69) is 12.2 Å². The molecular formula is C13H20ClNO2. The van der Waals surface area contributed by atoms with Crippen molar-refractivity contribution in [1.29, 1.82) is 0 Å². The molecule has 1 aromatic carbocycles. The Hall–Kier alpha value is -0.610. The molecule has 2 unspecified atom stereocenters. The zero-order valence-electron chi connectivity index (χ0n) is 10.1. The number of hydrogen-bond donors (Lipinski definition) is 2. The average molecular weight is 258 g/mol. The molecule has 2 N–H and O–H groups in total. The second kappa shape index (κ2) is 6.36. The summed E-state index contributed by atoms with van der Waals surface area (Å²) in [5.74, 6) is -1.17. The van der Waals surface area contributed by atoms with Crippen LogP contribution in [0.15, 0.2) is 30.3 Å². The largest absolute Gasteiger partial charge is 0.361 e. The predicted molar refractivity (Wildman–Crippen MR) is 70.2 cm³/mol. The highest BCUT2D eigenvalue weighted by Crippen LogP contribution is 2.30. The minimum Gasteiger partial charge on any atom is -0.361 e. The fourth-order valence-electron chi connectivity index (χ4n) is 2.23. The molecule has 0 spiro atoms. The van der Waals surface area contributed by atoms with Crippen molar-refractivity contribution in [3.05, 3.63) is 35.9 Å². The monoisotopic (exact) mass is 257 g/mol. The van der Waals surface area contributed by atoms with Gasteiger partial charge in [-0.3, -0.25) is 0 Å². The SMILES string of the molecule is CCCC1NCCOC1(O)c1ccccc1.Cl. The summed E-state index contributed by atoms with van der Waals surface area (Å²) in [6.07, 6.45) is 1.93. The number of ether oxygens (including phenoxy) is 1. The quantitative estimate of drug-likeness (QED) is 0.871. The van der Waals surface area contributed by atoms with Crippen LogP contribution in [0.5, 0.6) is 0 Å². The third-order valence-corrected chi connectivity index (χ3v) is 3.05. The Kier molecular flexibility index (Phi) is 5.40. The predicted octanol–water partition coefficient (Wildman–Crippen LogP) is 2.04. The molecule has 1 aliphatic heterocycles. The fraction of sp³-hybridized carbons (Fsp3) is 0.538. The Morgan fingerprint density at radius 3 is 2.76 bits per heavy atom. The minimum absolute atomic E-state index is 0. The first-order valence-electron chi connectivity index (χ1n) is 5.92. The summed E-state index contributed by atoms with van der Waals surface area (Å²) in [6, 6.07) is 9.60. The van der Waals surface area contributed by atoms with Crippen LogP contribution in [0, 0.1) is 0 Å². The van der Waals surface area contributed by atoms with Gasteiger partial charge in [0.05, 0.1) is 12.6 Å². The first-order valence-corrected chi connectivity index (χ1v) is 5.92. The molecule has 0 bridgehead atoms. The normalized spacial score (nSPS) is 28.5. The van der Waals surface area contributed by atoms with Crippen LogP contribution in [0.2, 0.25) is 0 Å². The van der Waals surface area contributed by atoms with Crippen molar-refractivity contribution in [3.8, 4) is 0 Å². The second-order valence-corrected chi connectivity index (χ2v) is 4.21. The van der Waals surface area contributed by atoms with E-state index in [1.54, 1.807) is 0 Å². The van der Waals surface area contributed by atoms with Gasteiger partial charge in [0.2, 0.25) is 5.79 Å². The van der Waals surface area contributed by atoms with E-state index in [1.165, 1.54) is 0 Å². The molecule has 0 amide bonds. The van der Waals surface area contributed by atoms with Crippen LogP contribution < -0.4 is 5.32 Å². The summed E-state index contributed by atoms with van der Waals surface area (Å²) < 4.78 is 5.61. The van der Waals surface area contributed by atoms with Crippen LogP contribution in [0.3, 0.4) is 0 Å². The van der Waals surface area contributed by atoms with E-state index in [1.807, 2.05) is 30.3 Å². The van der Waals surface area contributed by atoms with Gasteiger partial charge in [-0.2, -0.15) is 0 Å². The van der Waals surface area contributed by atoms with Crippen LogP contribution in [0.25, 0.3) is 0 Å². The summed E-state index contributed by atoms with van der Waals surface area (Å²) in [5, 5.41) is 14.0. The molecule has 0 saturated carbocycles. The molecule has 1 heterocycles. The van der Waals surface area contributed by atoms with Crippen molar-refractivity contribution in [2.45, 2.75) is 31.6 Å². The Morgan fingerprint density at radius 2 is 2.12 bits per heavy atom.